The van der Waals surface area contributed by atoms with Gasteiger partial charge in [0.1, 0.15) is 28.9 Å². The highest BCUT2D eigenvalue weighted by molar-refractivity contribution is 6.32. The van der Waals surface area contributed by atoms with Gasteiger partial charge in [0.15, 0.2) is 0 Å². The number of hydrogen-bond acceptors (Lipinski definition) is 5. The average molecular weight is 452 g/mol. The van der Waals surface area contributed by atoms with Crippen LogP contribution in [0.25, 0.3) is 16.9 Å². The van der Waals surface area contributed by atoms with E-state index in [9.17, 15) is 8.78 Å². The Morgan fingerprint density at radius 3 is 2.16 bits per heavy atom. The molecular weight excluding hydrogens is 424 g/mol. The van der Waals surface area contributed by atoms with Gasteiger partial charge < -0.3 is 9.64 Å². The monoisotopic (exact) mass is 451 g/mol. The lowest BCUT2D eigenvalue weighted by Crippen LogP contribution is -2.12. The summed E-state index contributed by atoms with van der Waals surface area (Å²) in [5.41, 5.74) is 0.719. The quantitative estimate of drug-likeness (QED) is 0.397. The van der Waals surface area contributed by atoms with Crippen LogP contribution in [0.15, 0.2) is 18.5 Å². The zero-order valence-electron chi connectivity index (χ0n) is 18.3. The second kappa shape index (κ2) is 10.3. The molecule has 1 aliphatic carbocycles. The number of ether oxygens (including phenoxy) is 1. The number of halogens is 3. The summed E-state index contributed by atoms with van der Waals surface area (Å²) in [6.07, 6.45) is 7.58. The minimum atomic E-state index is -0.745. The molecule has 0 saturated heterocycles. The minimum Gasteiger partial charge on any atom is -0.497 e. The molecule has 2 aromatic heterocycles. The Kier molecular flexibility index (Phi) is 7.78. The SMILES string of the molecule is CN(C)C.COc1cc(F)c(-c2c(Cl)nc3ncnn3c2C2CCCCCC2)c(F)c1. The minimum absolute atomic E-state index is 0.0257. The zero-order chi connectivity index (χ0) is 22.5. The number of hydrogen-bond donors (Lipinski definition) is 0. The zero-order valence-corrected chi connectivity index (χ0v) is 19.1. The standard InChI is InChI=1S/C19H19ClF2N4O.C3H9N/c1-27-12-8-13(21)15(14(22)9-12)16-17(11-6-4-2-3-5-7-11)26-19(23-10-24-26)25-18(16)20;1-4(2)3/h8-11H,2-7H2,1H3;1-3H3. The van der Waals surface area contributed by atoms with Crippen molar-refractivity contribution in [1.82, 2.24) is 24.5 Å². The molecule has 0 amide bonds. The van der Waals surface area contributed by atoms with Gasteiger partial charge in [0.2, 0.25) is 0 Å². The Balaban J connectivity index is 0.000000628. The van der Waals surface area contributed by atoms with Crippen LogP contribution in [0.3, 0.4) is 0 Å². The third kappa shape index (κ3) is 5.30. The van der Waals surface area contributed by atoms with Gasteiger partial charge in [-0.3, -0.25) is 0 Å². The Morgan fingerprint density at radius 2 is 1.61 bits per heavy atom. The maximum atomic E-state index is 14.9. The van der Waals surface area contributed by atoms with E-state index in [0.717, 1.165) is 50.7 Å². The normalized spacial score (nSPS) is 15.0. The van der Waals surface area contributed by atoms with Gasteiger partial charge in [-0.1, -0.05) is 37.3 Å². The maximum absolute atomic E-state index is 14.9. The van der Waals surface area contributed by atoms with E-state index in [1.54, 1.807) is 4.52 Å². The Hall–Kier alpha value is -2.32. The highest BCUT2D eigenvalue weighted by atomic mass is 35.5. The smallest absolute Gasteiger partial charge is 0.253 e. The van der Waals surface area contributed by atoms with Crippen molar-refractivity contribution in [2.24, 2.45) is 0 Å². The summed E-state index contributed by atoms with van der Waals surface area (Å²) in [6.45, 7) is 0. The first kappa shape index (κ1) is 23.3. The van der Waals surface area contributed by atoms with Gasteiger partial charge in [-0.2, -0.15) is 15.1 Å². The van der Waals surface area contributed by atoms with E-state index in [1.165, 1.54) is 13.4 Å². The molecule has 9 heteroatoms. The Labute approximate surface area is 186 Å². The molecule has 0 unspecified atom stereocenters. The lowest BCUT2D eigenvalue weighted by Gasteiger charge is -2.21. The third-order valence-corrected chi connectivity index (χ3v) is 5.44. The van der Waals surface area contributed by atoms with Crippen LogP contribution in [0.2, 0.25) is 5.15 Å². The number of fused-ring (bicyclic) bond motifs is 1. The molecule has 1 fully saturated rings. The summed E-state index contributed by atoms with van der Waals surface area (Å²) in [6, 6.07) is 2.30. The molecule has 6 nitrogen and oxygen atoms in total. The third-order valence-electron chi connectivity index (χ3n) is 5.16. The number of benzene rings is 1. The molecule has 1 aliphatic rings. The lowest BCUT2D eigenvalue weighted by atomic mass is 9.90. The predicted molar refractivity (Wildman–Crippen MR) is 118 cm³/mol. The van der Waals surface area contributed by atoms with E-state index in [4.69, 9.17) is 16.3 Å². The van der Waals surface area contributed by atoms with Crippen molar-refractivity contribution in [3.05, 3.63) is 40.9 Å². The fourth-order valence-electron chi connectivity index (χ4n) is 3.90. The average Bonchev–Trinajstić information content (AvgIpc) is 2.99. The lowest BCUT2D eigenvalue weighted by molar-refractivity contribution is 0.407. The molecule has 168 valence electrons. The Bertz CT molecular complexity index is 1010. The molecule has 1 aromatic carbocycles. The van der Waals surface area contributed by atoms with Crippen LogP contribution in [0.1, 0.15) is 50.1 Å². The fourth-order valence-corrected chi connectivity index (χ4v) is 4.17. The predicted octanol–water partition coefficient (Wildman–Crippen LogP) is 5.35. The van der Waals surface area contributed by atoms with E-state index >= 15 is 0 Å². The van der Waals surface area contributed by atoms with Crippen molar-refractivity contribution in [2.45, 2.75) is 44.4 Å². The largest absolute Gasteiger partial charge is 0.497 e. The van der Waals surface area contributed by atoms with Crippen molar-refractivity contribution in [3.63, 3.8) is 0 Å². The first-order chi connectivity index (χ1) is 14.8. The van der Waals surface area contributed by atoms with Gasteiger partial charge in [0.05, 0.1) is 18.4 Å². The van der Waals surface area contributed by atoms with E-state index in [0.29, 0.717) is 11.5 Å². The van der Waals surface area contributed by atoms with E-state index in [2.05, 4.69) is 15.1 Å². The molecule has 0 radical (unpaired) electrons. The van der Waals surface area contributed by atoms with Crippen LogP contribution in [0.4, 0.5) is 8.78 Å². The van der Waals surface area contributed by atoms with Gasteiger partial charge in [-0.25, -0.2) is 13.3 Å². The molecule has 0 spiro atoms. The van der Waals surface area contributed by atoms with E-state index < -0.39 is 11.6 Å². The summed E-state index contributed by atoms with van der Waals surface area (Å²) in [7, 11) is 7.36. The summed E-state index contributed by atoms with van der Waals surface area (Å²) in [4.78, 5) is 10.3. The van der Waals surface area contributed by atoms with Crippen molar-refractivity contribution in [3.8, 4) is 16.9 Å². The van der Waals surface area contributed by atoms with Crippen LogP contribution in [0.5, 0.6) is 5.75 Å². The summed E-state index contributed by atoms with van der Waals surface area (Å²) in [5, 5.41) is 4.29. The van der Waals surface area contributed by atoms with Crippen molar-refractivity contribution < 1.29 is 13.5 Å². The topological polar surface area (TPSA) is 55.5 Å². The second-order valence-electron chi connectivity index (χ2n) is 8.13. The van der Waals surface area contributed by atoms with Crippen LogP contribution in [0, 0.1) is 11.6 Å². The van der Waals surface area contributed by atoms with Gasteiger partial charge in [-0.05, 0) is 34.0 Å². The maximum Gasteiger partial charge on any atom is 0.253 e. The first-order valence-corrected chi connectivity index (χ1v) is 10.7. The molecule has 31 heavy (non-hydrogen) atoms. The fraction of sp³-hybridized carbons (Fsp3) is 0.500. The molecule has 0 atom stereocenters. The number of methoxy groups -OCH3 is 1. The molecule has 0 bridgehead atoms. The van der Waals surface area contributed by atoms with Gasteiger partial charge in [0.25, 0.3) is 5.78 Å². The highest BCUT2D eigenvalue weighted by Crippen LogP contribution is 2.42. The summed E-state index contributed by atoms with van der Waals surface area (Å²) in [5.74, 6) is -0.976. The Morgan fingerprint density at radius 1 is 1.03 bits per heavy atom. The van der Waals surface area contributed by atoms with Crippen LogP contribution in [-0.4, -0.2) is 52.7 Å². The first-order valence-electron chi connectivity index (χ1n) is 10.4. The molecule has 0 aliphatic heterocycles. The molecule has 0 N–H and O–H groups in total. The van der Waals surface area contributed by atoms with Crippen LogP contribution < -0.4 is 4.74 Å². The van der Waals surface area contributed by atoms with Gasteiger partial charge in [0, 0.05) is 23.6 Å². The van der Waals surface area contributed by atoms with Crippen molar-refractivity contribution in [1.29, 1.82) is 0 Å². The number of nitrogens with zero attached hydrogens (tertiary/aromatic N) is 5. The van der Waals surface area contributed by atoms with Crippen molar-refractivity contribution >= 4 is 17.4 Å². The molecule has 1 saturated carbocycles. The van der Waals surface area contributed by atoms with Gasteiger partial charge in [-0.15, -0.1) is 0 Å². The number of aromatic nitrogens is 4. The second-order valence-corrected chi connectivity index (χ2v) is 8.49. The molecule has 2 heterocycles. The van der Waals surface area contributed by atoms with E-state index in [-0.39, 0.29) is 27.9 Å². The molecule has 4 rings (SSSR count). The van der Waals surface area contributed by atoms with Crippen molar-refractivity contribution in [2.75, 3.05) is 28.3 Å². The molecule has 3 aromatic rings. The summed E-state index contributed by atoms with van der Waals surface area (Å²) >= 11 is 6.42. The van der Waals surface area contributed by atoms with Crippen LogP contribution in [-0.2, 0) is 0 Å². The van der Waals surface area contributed by atoms with E-state index in [1.807, 2.05) is 26.0 Å². The molecular formula is C22H28ClF2N5O. The van der Waals surface area contributed by atoms with Gasteiger partial charge >= 0.3 is 0 Å². The summed E-state index contributed by atoms with van der Waals surface area (Å²) < 4.78 is 36.3. The van der Waals surface area contributed by atoms with Crippen LogP contribution >= 0.6 is 11.6 Å². The highest BCUT2D eigenvalue weighted by Gasteiger charge is 2.29. The number of rotatable bonds is 3.